The molecule has 3 rings (SSSR count). The third-order valence-corrected chi connectivity index (χ3v) is 8.38. The lowest BCUT2D eigenvalue weighted by Gasteiger charge is -2.32. The Morgan fingerprint density at radius 3 is 1.97 bits per heavy atom. The molecule has 1 atom stereocenters. The lowest BCUT2D eigenvalue weighted by Crippen LogP contribution is -2.38. The predicted molar refractivity (Wildman–Crippen MR) is 164 cm³/mol. The average Bonchev–Trinajstić information content (AvgIpc) is 2.93. The van der Waals surface area contributed by atoms with Crippen LogP contribution in [0.5, 0.6) is 0 Å². The molecular weight excluding hydrogens is 526 g/mol. The first-order valence-electron chi connectivity index (χ1n) is 14.7. The molecule has 1 aliphatic heterocycles. The molecule has 2 aromatic rings. The van der Waals surface area contributed by atoms with Gasteiger partial charge in [-0.3, -0.25) is 4.90 Å². The predicted octanol–water partition coefficient (Wildman–Crippen LogP) is 7.05. The van der Waals surface area contributed by atoms with E-state index in [4.69, 9.17) is 9.72 Å². The highest BCUT2D eigenvalue weighted by Crippen LogP contribution is 2.23. The summed E-state index contributed by atoms with van der Waals surface area (Å²) in [6.45, 7) is 14.3. The van der Waals surface area contributed by atoms with E-state index in [9.17, 15) is 4.79 Å². The monoisotopic (exact) mass is 575 g/mol. The van der Waals surface area contributed by atoms with Gasteiger partial charge >= 0.3 is 0 Å². The largest absolute Gasteiger partial charge is 0.379 e. The van der Waals surface area contributed by atoms with Crippen LogP contribution in [0.4, 0.5) is 0 Å². The molecule has 39 heavy (non-hydrogen) atoms. The maximum Gasteiger partial charge on any atom is 0.188 e. The molecule has 0 aromatic carbocycles. The van der Waals surface area contributed by atoms with Crippen LogP contribution in [0.1, 0.15) is 101 Å². The Balaban J connectivity index is 0.000000283. The molecule has 7 nitrogen and oxygen atoms in total. The molecule has 1 saturated heterocycles. The molecule has 9 heteroatoms. The molecule has 2 aromatic heterocycles. The fourth-order valence-electron chi connectivity index (χ4n) is 4.24. The van der Waals surface area contributed by atoms with Gasteiger partial charge in [0.15, 0.2) is 10.3 Å². The number of hydrogen-bond donors (Lipinski definition) is 0. The van der Waals surface area contributed by atoms with Crippen LogP contribution in [0.3, 0.4) is 0 Å². The van der Waals surface area contributed by atoms with Crippen molar-refractivity contribution >= 4 is 29.8 Å². The molecule has 0 amide bonds. The third-order valence-electron chi connectivity index (χ3n) is 6.51. The second-order valence-corrected chi connectivity index (χ2v) is 12.1. The number of hydrogen-bond acceptors (Lipinski definition) is 9. The first kappa shape index (κ1) is 33.7. The summed E-state index contributed by atoms with van der Waals surface area (Å²) in [7, 11) is 0. The van der Waals surface area contributed by atoms with Crippen LogP contribution >= 0.6 is 23.5 Å². The summed E-state index contributed by atoms with van der Waals surface area (Å²) >= 11 is 3.48. The minimum Gasteiger partial charge on any atom is -0.379 e. The number of aldehydes is 1. The first-order valence-corrected chi connectivity index (χ1v) is 16.6. The number of thioether (sulfide) groups is 2. The van der Waals surface area contributed by atoms with Crippen LogP contribution in [-0.2, 0) is 16.0 Å². The molecule has 0 spiro atoms. The standard InChI is InChI=1S/C17H29N3OS.C13H20N2OS/c1-4-5-6-7-12-22-17-18-14(2)13-16(19-17)15(3)20-8-10-21-11-9-20;1-3-4-5-6-9-17-13-14-11(2)10-12(15-13)7-8-16/h13,15H,4-12H2,1-3H3;8,10H,3-7,9H2,1-2H3. The van der Waals surface area contributed by atoms with E-state index in [0.717, 1.165) is 77.2 Å². The van der Waals surface area contributed by atoms with Gasteiger partial charge in [-0.2, -0.15) is 0 Å². The van der Waals surface area contributed by atoms with Crippen molar-refractivity contribution in [2.45, 2.75) is 109 Å². The molecular formula is C30H49N5O2S2. The van der Waals surface area contributed by atoms with E-state index in [1.54, 1.807) is 23.5 Å². The van der Waals surface area contributed by atoms with Gasteiger partial charge in [0.2, 0.25) is 0 Å². The van der Waals surface area contributed by atoms with Crippen LogP contribution in [0.15, 0.2) is 22.4 Å². The van der Waals surface area contributed by atoms with Crippen LogP contribution < -0.4 is 0 Å². The summed E-state index contributed by atoms with van der Waals surface area (Å²) in [6, 6.07) is 4.33. The molecule has 1 unspecified atom stereocenters. The van der Waals surface area contributed by atoms with E-state index < -0.39 is 0 Å². The minimum atomic E-state index is 0.338. The fourth-order valence-corrected chi connectivity index (χ4v) is 6.07. The first-order chi connectivity index (χ1) is 19.0. The third kappa shape index (κ3) is 14.1. The van der Waals surface area contributed by atoms with Crippen molar-refractivity contribution < 1.29 is 9.53 Å². The number of aromatic nitrogens is 4. The Labute approximate surface area is 245 Å². The number of morpholine rings is 1. The molecule has 0 aliphatic carbocycles. The number of unbranched alkanes of at least 4 members (excludes halogenated alkanes) is 6. The Hall–Kier alpha value is -1.55. The van der Waals surface area contributed by atoms with Crippen LogP contribution in [-0.4, -0.2) is 68.9 Å². The summed E-state index contributed by atoms with van der Waals surface area (Å²) in [5, 5.41) is 1.74. The van der Waals surface area contributed by atoms with Gasteiger partial charge in [0.25, 0.3) is 0 Å². The maximum atomic E-state index is 10.5. The molecule has 0 bridgehead atoms. The van der Waals surface area contributed by atoms with Gasteiger partial charge in [-0.1, -0.05) is 75.9 Å². The zero-order valence-electron chi connectivity index (χ0n) is 24.8. The van der Waals surface area contributed by atoms with Crippen molar-refractivity contribution in [1.82, 2.24) is 24.8 Å². The Morgan fingerprint density at radius 1 is 0.846 bits per heavy atom. The SMILES string of the molecule is CCCCCCSc1nc(C)cc(C(C)N2CCOCC2)n1.CCCCCCSc1nc(C)cc(CC=O)n1. The van der Waals surface area contributed by atoms with Crippen LogP contribution in [0.25, 0.3) is 0 Å². The highest BCUT2D eigenvalue weighted by molar-refractivity contribution is 7.99. The molecule has 0 saturated carbocycles. The summed E-state index contributed by atoms with van der Waals surface area (Å²) in [4.78, 5) is 31.0. The van der Waals surface area contributed by atoms with Crippen molar-refractivity contribution in [3.63, 3.8) is 0 Å². The van der Waals surface area contributed by atoms with Gasteiger partial charge in [0.1, 0.15) is 6.29 Å². The van der Waals surface area contributed by atoms with E-state index in [2.05, 4.69) is 53.6 Å². The smallest absolute Gasteiger partial charge is 0.188 e. The van der Waals surface area contributed by atoms with Crippen LogP contribution in [0, 0.1) is 13.8 Å². The summed E-state index contributed by atoms with van der Waals surface area (Å²) in [5.41, 5.74) is 3.98. The highest BCUT2D eigenvalue weighted by atomic mass is 32.2. The average molecular weight is 576 g/mol. The van der Waals surface area contributed by atoms with Crippen molar-refractivity contribution in [2.24, 2.45) is 0 Å². The summed E-state index contributed by atoms with van der Waals surface area (Å²) in [6.07, 6.45) is 11.5. The maximum absolute atomic E-state index is 10.5. The van der Waals surface area contributed by atoms with Gasteiger partial charge in [-0.05, 0) is 45.7 Å². The van der Waals surface area contributed by atoms with E-state index in [0.29, 0.717) is 12.5 Å². The second kappa shape index (κ2) is 20.3. The van der Waals surface area contributed by atoms with Gasteiger partial charge in [0, 0.05) is 48.4 Å². The number of ether oxygens (including phenoxy) is 1. The van der Waals surface area contributed by atoms with E-state index >= 15 is 0 Å². The lowest BCUT2D eigenvalue weighted by molar-refractivity contribution is -0.107. The Bertz CT molecular complexity index is 957. The van der Waals surface area contributed by atoms with Crippen LogP contribution in [0.2, 0.25) is 0 Å². The highest BCUT2D eigenvalue weighted by Gasteiger charge is 2.20. The molecule has 1 fully saturated rings. The Kier molecular flexibility index (Phi) is 17.6. The van der Waals surface area contributed by atoms with E-state index in [-0.39, 0.29) is 0 Å². The number of carbonyl (C=O) groups is 1. The van der Waals surface area contributed by atoms with E-state index in [1.807, 2.05) is 13.0 Å². The van der Waals surface area contributed by atoms with Crippen molar-refractivity contribution in [3.8, 4) is 0 Å². The van der Waals surface area contributed by atoms with Gasteiger partial charge < -0.3 is 9.53 Å². The van der Waals surface area contributed by atoms with Crippen molar-refractivity contribution in [3.05, 3.63) is 34.9 Å². The number of nitrogens with zero attached hydrogens (tertiary/aromatic N) is 5. The quantitative estimate of drug-likeness (QED) is 0.0905. The molecule has 1 aliphatic rings. The van der Waals surface area contributed by atoms with Crippen molar-refractivity contribution in [2.75, 3.05) is 37.8 Å². The second-order valence-electron chi connectivity index (χ2n) is 10.0. The van der Waals surface area contributed by atoms with Gasteiger partial charge in [-0.25, -0.2) is 19.9 Å². The zero-order valence-corrected chi connectivity index (χ0v) is 26.4. The van der Waals surface area contributed by atoms with Crippen molar-refractivity contribution in [1.29, 1.82) is 0 Å². The fraction of sp³-hybridized carbons (Fsp3) is 0.700. The molecule has 3 heterocycles. The van der Waals surface area contributed by atoms with Gasteiger partial charge in [0.05, 0.1) is 24.6 Å². The summed E-state index contributed by atoms with van der Waals surface area (Å²) in [5.74, 6) is 2.18. The molecule has 0 radical (unpaired) electrons. The molecule has 218 valence electrons. The minimum absolute atomic E-state index is 0.338. The topological polar surface area (TPSA) is 81.1 Å². The van der Waals surface area contributed by atoms with Gasteiger partial charge in [-0.15, -0.1) is 0 Å². The summed E-state index contributed by atoms with van der Waals surface area (Å²) < 4.78 is 5.44. The zero-order chi connectivity index (χ0) is 28.3. The Morgan fingerprint density at radius 2 is 1.41 bits per heavy atom. The normalized spacial score (nSPS) is 14.5. The number of rotatable bonds is 16. The number of aryl methyl sites for hydroxylation is 2. The van der Waals surface area contributed by atoms with E-state index in [1.165, 1.54) is 51.4 Å². The number of carbonyl (C=O) groups excluding carboxylic acids is 1. The lowest BCUT2D eigenvalue weighted by atomic mass is 10.1. The molecule has 0 N–H and O–H groups in total.